The average molecular weight is 342 g/mol. The Labute approximate surface area is 100 Å². The molecule has 1 fully saturated rings. The van der Waals surface area contributed by atoms with Gasteiger partial charge >= 0.3 is 0 Å². The molecule has 1 nitrogen and oxygen atoms in total. The third-order valence-electron chi connectivity index (χ3n) is 2.76. The molecule has 3 rings (SSSR count). The van der Waals surface area contributed by atoms with Crippen molar-refractivity contribution >= 4 is 54.4 Å². The maximum Gasteiger partial charge on any atom is 0.126 e. The van der Waals surface area contributed by atoms with Gasteiger partial charge in [-0.1, -0.05) is 34.2 Å². The van der Waals surface area contributed by atoms with Crippen LogP contribution in [-0.2, 0) is 10.8 Å². The van der Waals surface area contributed by atoms with Crippen molar-refractivity contribution in [2.75, 3.05) is 0 Å². The lowest BCUT2D eigenvalue weighted by Gasteiger charge is -2.22. The van der Waals surface area contributed by atoms with Crippen molar-refractivity contribution in [3.05, 3.63) is 22.0 Å². The number of allylic oxidation sites excluding steroid dienone is 1. The Hall–Kier alpha value is 0.940. The number of rotatable bonds is 0. The molecule has 0 spiro atoms. The van der Waals surface area contributed by atoms with E-state index in [2.05, 4.69) is 50.1 Å². The van der Waals surface area contributed by atoms with Crippen molar-refractivity contribution < 1.29 is 4.21 Å². The van der Waals surface area contributed by atoms with Crippen molar-refractivity contribution in [1.29, 1.82) is 0 Å². The topological polar surface area (TPSA) is 17.1 Å². The van der Waals surface area contributed by atoms with Crippen molar-refractivity contribution in [2.24, 2.45) is 5.92 Å². The summed E-state index contributed by atoms with van der Waals surface area (Å²) < 4.78 is 12.9. The number of hydrogen-bond acceptors (Lipinski definition) is 2. The van der Waals surface area contributed by atoms with E-state index in [0.29, 0.717) is 11.2 Å². The lowest BCUT2D eigenvalue weighted by Crippen LogP contribution is -2.27. The number of thioether (sulfide) groups is 1. The van der Waals surface area contributed by atoms with E-state index < -0.39 is 10.8 Å². The van der Waals surface area contributed by atoms with E-state index in [-0.39, 0.29) is 8.91 Å². The van der Waals surface area contributed by atoms with E-state index in [1.807, 2.05) is 0 Å². The highest BCUT2D eigenvalue weighted by atomic mass is 79.9. The third kappa shape index (κ3) is 1.02. The maximum absolute atomic E-state index is 12.0. The minimum absolute atomic E-state index is 0.237. The minimum Gasteiger partial charge on any atom is -0.257 e. The molecule has 0 amide bonds. The van der Waals surface area contributed by atoms with E-state index in [4.69, 9.17) is 0 Å². The highest BCUT2D eigenvalue weighted by Gasteiger charge is 2.61. The van der Waals surface area contributed by atoms with E-state index in [0.717, 1.165) is 0 Å². The highest BCUT2D eigenvalue weighted by molar-refractivity contribution is 9.14. The second kappa shape index (κ2) is 2.74. The molecule has 0 radical (unpaired) electrons. The molecule has 3 heterocycles. The molecule has 3 aliphatic rings. The predicted molar refractivity (Wildman–Crippen MR) is 64.6 cm³/mol. The predicted octanol–water partition coefficient (Wildman–Crippen LogP) is 2.75. The molecule has 0 aromatic rings. The summed E-state index contributed by atoms with van der Waals surface area (Å²) in [5.74, 6) is 0.391. The summed E-state index contributed by atoms with van der Waals surface area (Å²) >= 11 is 8.92. The number of halogens is 2. The van der Waals surface area contributed by atoms with Crippen LogP contribution in [0.5, 0.6) is 0 Å². The fourth-order valence-electron chi connectivity index (χ4n) is 2.14. The quantitative estimate of drug-likeness (QED) is 0.498. The van der Waals surface area contributed by atoms with Crippen molar-refractivity contribution in [3.63, 3.8) is 0 Å². The van der Waals surface area contributed by atoms with Crippen LogP contribution in [0.25, 0.3) is 0 Å². The van der Waals surface area contributed by atoms with Gasteiger partial charge < -0.3 is 0 Å². The molecule has 0 N–H and O–H groups in total. The van der Waals surface area contributed by atoms with Crippen LogP contribution in [-0.4, -0.2) is 18.4 Å². The molecule has 1 unspecified atom stereocenters. The fraction of sp³-hybridized carbons (Fsp3) is 0.500. The SMILES string of the molecule is O=S1[C@@H]2C=C[C@@]1(Br)[C@H]1C=C(Br)S[C@@H]21. The van der Waals surface area contributed by atoms with Crippen LogP contribution >= 0.6 is 43.6 Å². The monoisotopic (exact) mass is 340 g/mol. The Bertz CT molecular complexity index is 365. The largest absolute Gasteiger partial charge is 0.257 e. The van der Waals surface area contributed by atoms with Crippen molar-refractivity contribution in [1.82, 2.24) is 0 Å². The summed E-state index contributed by atoms with van der Waals surface area (Å²) in [5, 5.41) is 0.709. The van der Waals surface area contributed by atoms with Gasteiger partial charge in [-0.15, -0.1) is 11.8 Å². The van der Waals surface area contributed by atoms with Crippen LogP contribution in [0.15, 0.2) is 22.0 Å². The van der Waals surface area contributed by atoms with Crippen LogP contribution in [0, 0.1) is 5.92 Å². The van der Waals surface area contributed by atoms with Crippen molar-refractivity contribution in [2.45, 2.75) is 14.2 Å². The molecule has 3 aliphatic heterocycles. The van der Waals surface area contributed by atoms with E-state index >= 15 is 0 Å². The van der Waals surface area contributed by atoms with Gasteiger partial charge in [-0.3, -0.25) is 4.21 Å². The van der Waals surface area contributed by atoms with Crippen LogP contribution in [0.1, 0.15) is 0 Å². The van der Waals surface area contributed by atoms with Crippen LogP contribution < -0.4 is 0 Å². The zero-order valence-corrected chi connectivity index (χ0v) is 11.2. The Kier molecular flexibility index (Phi) is 1.94. The third-order valence-corrected chi connectivity index (χ3v) is 8.70. The Morgan fingerprint density at radius 2 is 2.38 bits per heavy atom. The van der Waals surface area contributed by atoms with E-state index in [9.17, 15) is 4.21 Å². The molecule has 0 saturated carbocycles. The molecule has 5 heteroatoms. The van der Waals surface area contributed by atoms with Gasteiger partial charge in [-0.05, 0) is 15.9 Å². The van der Waals surface area contributed by atoms with Gasteiger partial charge in [0.15, 0.2) is 0 Å². The summed E-state index contributed by atoms with van der Waals surface area (Å²) in [5.41, 5.74) is 0. The van der Waals surface area contributed by atoms with E-state index in [1.165, 1.54) is 3.81 Å². The molecule has 5 atom stereocenters. The lowest BCUT2D eigenvalue weighted by molar-refractivity contribution is 0.644. The Morgan fingerprint density at radius 3 is 3.08 bits per heavy atom. The summed E-state index contributed by atoms with van der Waals surface area (Å²) in [6.07, 6.45) is 6.35. The summed E-state index contributed by atoms with van der Waals surface area (Å²) in [6, 6.07) is 0. The highest BCUT2D eigenvalue weighted by Crippen LogP contribution is 2.60. The standard InChI is InChI=1S/C8H6Br2OS2/c9-6-3-4-7(12-6)5-1-2-8(4,10)13(5)11/h1-5,7H/t4-,5+,7+,8-,13?/m0/s1. The molecule has 0 aromatic carbocycles. The molecule has 13 heavy (non-hydrogen) atoms. The van der Waals surface area contributed by atoms with Gasteiger partial charge in [0.05, 0.1) is 16.0 Å². The second-order valence-corrected chi connectivity index (χ2v) is 9.65. The molecule has 1 saturated heterocycles. The first-order chi connectivity index (χ1) is 6.13. The van der Waals surface area contributed by atoms with Gasteiger partial charge in [0.2, 0.25) is 0 Å². The second-order valence-electron chi connectivity index (χ2n) is 3.40. The van der Waals surface area contributed by atoms with Gasteiger partial charge in [0.25, 0.3) is 0 Å². The molecule has 2 bridgehead atoms. The molecular formula is C8H6Br2OS2. The molecule has 0 aliphatic carbocycles. The first-order valence-electron chi connectivity index (χ1n) is 3.96. The molecule has 70 valence electrons. The van der Waals surface area contributed by atoms with Crippen LogP contribution in [0.4, 0.5) is 0 Å². The van der Waals surface area contributed by atoms with Gasteiger partial charge in [0.1, 0.15) is 3.66 Å². The van der Waals surface area contributed by atoms with Gasteiger partial charge in [-0.25, -0.2) is 0 Å². The summed E-state index contributed by atoms with van der Waals surface area (Å²) in [4.78, 5) is 0. The average Bonchev–Trinajstić information content (AvgIpc) is 2.62. The Morgan fingerprint density at radius 1 is 1.62 bits per heavy atom. The lowest BCUT2D eigenvalue weighted by atomic mass is 9.94. The normalized spacial score (nSPS) is 56.9. The maximum atomic E-state index is 12.0. The first-order valence-corrected chi connectivity index (χ1v) is 7.64. The van der Waals surface area contributed by atoms with Crippen molar-refractivity contribution in [3.8, 4) is 0 Å². The van der Waals surface area contributed by atoms with Gasteiger partial charge in [0, 0.05) is 15.0 Å². The minimum atomic E-state index is -0.771. The smallest absolute Gasteiger partial charge is 0.126 e. The van der Waals surface area contributed by atoms with E-state index in [1.54, 1.807) is 11.8 Å². The molecule has 0 aromatic heterocycles. The number of fused-ring (bicyclic) bond motifs is 5. The number of hydrogen-bond donors (Lipinski definition) is 0. The molecular weight excluding hydrogens is 336 g/mol. The number of alkyl halides is 1. The zero-order chi connectivity index (χ0) is 9.22. The van der Waals surface area contributed by atoms with Crippen LogP contribution in [0.3, 0.4) is 0 Å². The summed E-state index contributed by atoms with van der Waals surface area (Å²) in [6.45, 7) is 0. The Balaban J connectivity index is 2.13. The van der Waals surface area contributed by atoms with Crippen LogP contribution in [0.2, 0.25) is 0 Å². The van der Waals surface area contributed by atoms with Gasteiger partial charge in [-0.2, -0.15) is 0 Å². The summed E-state index contributed by atoms with van der Waals surface area (Å²) in [7, 11) is -0.771. The zero-order valence-electron chi connectivity index (χ0n) is 6.44. The fourth-order valence-corrected chi connectivity index (χ4v) is 7.91. The first kappa shape index (κ1) is 9.19.